The van der Waals surface area contributed by atoms with E-state index >= 15 is 0 Å². The van der Waals surface area contributed by atoms with E-state index in [-0.39, 0.29) is 0 Å². The molecule has 0 N–H and O–H groups in total. The van der Waals surface area contributed by atoms with Gasteiger partial charge in [0.05, 0.1) is 0 Å². The first-order valence-electron chi connectivity index (χ1n) is 9.33. The Kier molecular flexibility index (Phi) is 3.56. The average Bonchev–Trinajstić information content (AvgIpc) is 2.68. The molecule has 0 aromatic heterocycles. The Morgan fingerprint density at radius 3 is 2.48 bits per heavy atom. The van der Waals surface area contributed by atoms with Crippen molar-refractivity contribution in [3.63, 3.8) is 0 Å². The number of benzene rings is 3. The summed E-state index contributed by atoms with van der Waals surface area (Å²) in [5, 5.41) is 5.75. The van der Waals surface area contributed by atoms with Crippen LogP contribution in [0, 0.1) is 5.92 Å². The second-order valence-electron chi connectivity index (χ2n) is 7.36. The first kappa shape index (κ1) is 14.7. The van der Waals surface area contributed by atoms with Gasteiger partial charge in [0.1, 0.15) is 0 Å². The van der Waals surface area contributed by atoms with Crippen molar-refractivity contribution in [2.75, 3.05) is 0 Å². The van der Waals surface area contributed by atoms with Crippen LogP contribution in [0.2, 0.25) is 0 Å². The van der Waals surface area contributed by atoms with Crippen LogP contribution in [0.25, 0.3) is 22.9 Å². The molecule has 0 radical (unpaired) electrons. The van der Waals surface area contributed by atoms with Gasteiger partial charge in [-0.15, -0.1) is 0 Å². The molecule has 1 unspecified atom stereocenters. The fraction of sp³-hybridized carbons (Fsp3) is 0.200. The summed E-state index contributed by atoms with van der Waals surface area (Å²) in [4.78, 5) is 0. The van der Waals surface area contributed by atoms with E-state index in [1.165, 1.54) is 51.6 Å². The lowest BCUT2D eigenvalue weighted by molar-refractivity contribution is 0.532. The molecule has 0 nitrogen and oxygen atoms in total. The van der Waals surface area contributed by atoms with E-state index in [2.05, 4.69) is 78.9 Å². The molecule has 0 bridgehead atoms. The summed E-state index contributed by atoms with van der Waals surface area (Å²) >= 11 is 0. The number of hydrogen-bond donors (Lipinski definition) is 0. The van der Waals surface area contributed by atoms with E-state index in [0.29, 0.717) is 5.92 Å². The Balaban J connectivity index is 1.58. The van der Waals surface area contributed by atoms with Crippen LogP contribution < -0.4 is 10.4 Å². The van der Waals surface area contributed by atoms with Gasteiger partial charge in [-0.25, -0.2) is 0 Å². The molecule has 0 heterocycles. The van der Waals surface area contributed by atoms with E-state index in [1.807, 2.05) is 0 Å². The van der Waals surface area contributed by atoms with Gasteiger partial charge in [0.25, 0.3) is 0 Å². The minimum atomic E-state index is 0.711. The Morgan fingerprint density at radius 2 is 1.60 bits per heavy atom. The summed E-state index contributed by atoms with van der Waals surface area (Å²) in [5.41, 5.74) is 4.51. The predicted molar refractivity (Wildman–Crippen MR) is 107 cm³/mol. The number of hydrogen-bond acceptors (Lipinski definition) is 0. The van der Waals surface area contributed by atoms with Gasteiger partial charge in [0, 0.05) is 0 Å². The van der Waals surface area contributed by atoms with Gasteiger partial charge < -0.3 is 0 Å². The largest absolute Gasteiger partial charge is 0.0801 e. The van der Waals surface area contributed by atoms with Crippen molar-refractivity contribution in [3.05, 3.63) is 93.9 Å². The molecule has 1 atom stereocenters. The van der Waals surface area contributed by atoms with Crippen LogP contribution in [0.4, 0.5) is 0 Å². The minimum absolute atomic E-state index is 0.711. The van der Waals surface area contributed by atoms with Crippen molar-refractivity contribution in [1.29, 1.82) is 0 Å². The van der Waals surface area contributed by atoms with Crippen molar-refractivity contribution in [2.24, 2.45) is 5.92 Å². The highest BCUT2D eigenvalue weighted by molar-refractivity contribution is 5.90. The summed E-state index contributed by atoms with van der Waals surface area (Å²) < 4.78 is 0. The van der Waals surface area contributed by atoms with Gasteiger partial charge in [-0.2, -0.15) is 0 Å². The lowest BCUT2D eigenvalue weighted by atomic mass is 9.82. The summed E-state index contributed by atoms with van der Waals surface area (Å²) in [6, 6.07) is 20.3. The Labute approximate surface area is 148 Å². The number of fused-ring (bicyclic) bond motifs is 5. The van der Waals surface area contributed by atoms with E-state index in [9.17, 15) is 0 Å². The maximum absolute atomic E-state index is 2.46. The molecule has 122 valence electrons. The fourth-order valence-corrected chi connectivity index (χ4v) is 4.49. The molecule has 25 heavy (non-hydrogen) atoms. The zero-order valence-electron chi connectivity index (χ0n) is 14.4. The quantitative estimate of drug-likeness (QED) is 0.659. The number of rotatable bonds is 2. The van der Waals surface area contributed by atoms with Crippen molar-refractivity contribution in [1.82, 2.24) is 0 Å². The highest BCUT2D eigenvalue weighted by atomic mass is 14.2. The van der Waals surface area contributed by atoms with Crippen LogP contribution in [0.1, 0.15) is 23.1 Å². The maximum atomic E-state index is 2.46. The fourth-order valence-electron chi connectivity index (χ4n) is 4.49. The maximum Gasteiger partial charge on any atom is -0.00822 e. The van der Waals surface area contributed by atoms with Crippen LogP contribution >= 0.6 is 0 Å². The zero-order valence-corrected chi connectivity index (χ0v) is 14.4. The molecule has 2 aliphatic carbocycles. The lowest BCUT2D eigenvalue weighted by Gasteiger charge is -2.22. The summed E-state index contributed by atoms with van der Waals surface area (Å²) in [6.45, 7) is 0. The van der Waals surface area contributed by atoms with Gasteiger partial charge in [-0.1, -0.05) is 78.9 Å². The zero-order chi connectivity index (χ0) is 16.6. The van der Waals surface area contributed by atoms with Gasteiger partial charge in [0.15, 0.2) is 0 Å². The highest BCUT2D eigenvalue weighted by Crippen LogP contribution is 2.27. The van der Waals surface area contributed by atoms with E-state index < -0.39 is 0 Å². The standard InChI is InChI=1S/C25H22/c1-2-6-18(7-3-1)16-19-10-11-21-13-14-23-22-9-5-4-8-20(22)12-15-24(23)25(21)17-19/h1-8,11-15,19H,9-10,16-17H2. The summed E-state index contributed by atoms with van der Waals surface area (Å²) in [5.74, 6) is 0.711. The van der Waals surface area contributed by atoms with Gasteiger partial charge in [-0.05, 0) is 69.5 Å². The van der Waals surface area contributed by atoms with E-state index in [1.54, 1.807) is 5.56 Å². The summed E-state index contributed by atoms with van der Waals surface area (Å²) in [7, 11) is 0. The van der Waals surface area contributed by atoms with E-state index in [0.717, 1.165) is 6.42 Å². The molecule has 0 saturated carbocycles. The molecule has 0 amide bonds. The second-order valence-corrected chi connectivity index (χ2v) is 7.36. The molecule has 0 heteroatoms. The third-order valence-corrected chi connectivity index (χ3v) is 5.76. The lowest BCUT2D eigenvalue weighted by Crippen LogP contribution is -2.22. The first-order valence-corrected chi connectivity index (χ1v) is 9.33. The van der Waals surface area contributed by atoms with Crippen molar-refractivity contribution >= 4 is 22.9 Å². The van der Waals surface area contributed by atoms with E-state index in [4.69, 9.17) is 0 Å². The van der Waals surface area contributed by atoms with Crippen molar-refractivity contribution < 1.29 is 0 Å². The molecular formula is C25H22. The van der Waals surface area contributed by atoms with Crippen LogP contribution in [-0.4, -0.2) is 0 Å². The topological polar surface area (TPSA) is 0 Å². The van der Waals surface area contributed by atoms with Gasteiger partial charge in [-0.3, -0.25) is 0 Å². The van der Waals surface area contributed by atoms with Gasteiger partial charge in [0.2, 0.25) is 0 Å². The number of allylic oxidation sites excluding steroid dienone is 2. The molecule has 2 aliphatic rings. The SMILES string of the molecule is C1=CCc2c(ccc3c4c(ccc23)=CCC(Cc2ccccc2)C4)=C1. The second kappa shape index (κ2) is 6.04. The third kappa shape index (κ3) is 2.62. The van der Waals surface area contributed by atoms with Crippen LogP contribution in [0.5, 0.6) is 0 Å². The molecule has 0 fully saturated rings. The minimum Gasteiger partial charge on any atom is -0.0801 e. The molecule has 0 aliphatic heterocycles. The monoisotopic (exact) mass is 322 g/mol. The smallest absolute Gasteiger partial charge is 0.00822 e. The average molecular weight is 322 g/mol. The Bertz CT molecular complexity index is 1080. The molecule has 3 aromatic carbocycles. The van der Waals surface area contributed by atoms with Crippen LogP contribution in [0.15, 0.2) is 66.7 Å². The third-order valence-electron chi connectivity index (χ3n) is 5.76. The van der Waals surface area contributed by atoms with Crippen molar-refractivity contribution in [2.45, 2.75) is 25.7 Å². The molecular weight excluding hydrogens is 300 g/mol. The summed E-state index contributed by atoms with van der Waals surface area (Å²) in [6.07, 6.45) is 13.8. The van der Waals surface area contributed by atoms with Crippen LogP contribution in [-0.2, 0) is 19.3 Å². The normalized spacial score (nSPS) is 18.2. The predicted octanol–water partition coefficient (Wildman–Crippen LogP) is 4.32. The molecule has 3 aromatic rings. The van der Waals surface area contributed by atoms with Crippen LogP contribution in [0.3, 0.4) is 0 Å². The molecule has 0 saturated heterocycles. The first-order chi connectivity index (χ1) is 12.4. The highest BCUT2D eigenvalue weighted by Gasteiger charge is 2.17. The molecule has 0 spiro atoms. The molecule has 5 rings (SSSR count). The Morgan fingerprint density at radius 1 is 0.800 bits per heavy atom. The Hall–Kier alpha value is -2.60. The van der Waals surface area contributed by atoms with Crippen molar-refractivity contribution in [3.8, 4) is 0 Å². The van der Waals surface area contributed by atoms with Gasteiger partial charge >= 0.3 is 0 Å².